The number of amides is 3. The van der Waals surface area contributed by atoms with E-state index in [1.165, 1.54) is 11.3 Å². The average Bonchev–Trinajstić information content (AvgIpc) is 3.49. The molecule has 174 valence electrons. The van der Waals surface area contributed by atoms with E-state index in [0.29, 0.717) is 30.0 Å². The van der Waals surface area contributed by atoms with Crippen LogP contribution in [0.1, 0.15) is 32.8 Å². The van der Waals surface area contributed by atoms with Crippen molar-refractivity contribution in [2.45, 2.75) is 31.3 Å². The number of fused-ring (bicyclic) bond motifs is 2. The lowest BCUT2D eigenvalue weighted by molar-refractivity contribution is -0.136. The standard InChI is InChI=1S/C26H25N3O4S/c30-23(27-16-26(33)14-18-5-1-2-6-19(18)15-26)24(31)28-20-9-10-21-17(13-20)7-3-11-29(21)25(32)22-8-4-12-34-22/h1-2,4-6,8-10,12-13,33H,3,7,11,14-16H2,(H,27,30)(H,28,31). The van der Waals surface area contributed by atoms with Crippen LogP contribution in [0, 0.1) is 0 Å². The van der Waals surface area contributed by atoms with E-state index in [0.717, 1.165) is 35.2 Å². The second kappa shape index (κ2) is 9.04. The van der Waals surface area contributed by atoms with Crippen LogP contribution in [0.3, 0.4) is 0 Å². The zero-order valence-electron chi connectivity index (χ0n) is 18.5. The molecule has 1 aliphatic heterocycles. The molecule has 0 unspecified atom stereocenters. The fraction of sp³-hybridized carbons (Fsp3) is 0.269. The van der Waals surface area contributed by atoms with E-state index in [4.69, 9.17) is 0 Å². The molecule has 2 aliphatic rings. The second-order valence-electron chi connectivity index (χ2n) is 8.86. The number of aryl methyl sites for hydroxylation is 1. The molecular formula is C26H25N3O4S. The maximum Gasteiger partial charge on any atom is 0.313 e. The molecule has 8 heteroatoms. The van der Waals surface area contributed by atoms with Gasteiger partial charge in [-0.15, -0.1) is 11.3 Å². The number of hydrogen-bond acceptors (Lipinski definition) is 5. The van der Waals surface area contributed by atoms with Crippen molar-refractivity contribution in [2.75, 3.05) is 23.3 Å². The Hall–Kier alpha value is -3.49. The number of carbonyl (C=O) groups is 3. The smallest absolute Gasteiger partial charge is 0.313 e. The molecule has 0 atom stereocenters. The molecule has 0 fully saturated rings. The van der Waals surface area contributed by atoms with E-state index in [-0.39, 0.29) is 12.5 Å². The van der Waals surface area contributed by atoms with Gasteiger partial charge in [0, 0.05) is 37.3 Å². The van der Waals surface area contributed by atoms with Gasteiger partial charge in [0.25, 0.3) is 5.91 Å². The molecule has 0 bridgehead atoms. The Kier molecular flexibility index (Phi) is 5.93. The molecule has 1 aromatic heterocycles. The zero-order chi connectivity index (χ0) is 23.7. The number of carbonyl (C=O) groups excluding carboxylic acids is 3. The average molecular weight is 476 g/mol. The van der Waals surface area contributed by atoms with Gasteiger partial charge in [-0.1, -0.05) is 30.3 Å². The third-order valence-corrected chi connectivity index (χ3v) is 7.23. The molecule has 7 nitrogen and oxygen atoms in total. The summed E-state index contributed by atoms with van der Waals surface area (Å²) in [5.74, 6) is -1.61. The van der Waals surface area contributed by atoms with Crippen molar-refractivity contribution in [3.63, 3.8) is 0 Å². The first-order valence-electron chi connectivity index (χ1n) is 11.3. The summed E-state index contributed by atoms with van der Waals surface area (Å²) in [5.41, 5.74) is 3.30. The highest BCUT2D eigenvalue weighted by molar-refractivity contribution is 7.12. The molecule has 3 N–H and O–H groups in total. The lowest BCUT2D eigenvalue weighted by Gasteiger charge is -2.29. The van der Waals surface area contributed by atoms with Gasteiger partial charge >= 0.3 is 11.8 Å². The topological polar surface area (TPSA) is 98.7 Å². The van der Waals surface area contributed by atoms with Crippen LogP contribution >= 0.6 is 11.3 Å². The van der Waals surface area contributed by atoms with E-state index in [1.807, 2.05) is 53.9 Å². The molecule has 2 heterocycles. The van der Waals surface area contributed by atoms with Crippen molar-refractivity contribution in [2.24, 2.45) is 0 Å². The van der Waals surface area contributed by atoms with Gasteiger partial charge in [0.1, 0.15) is 0 Å². The third kappa shape index (κ3) is 4.47. The molecule has 0 spiro atoms. The van der Waals surface area contributed by atoms with Crippen molar-refractivity contribution < 1.29 is 19.5 Å². The van der Waals surface area contributed by atoms with Gasteiger partial charge in [-0.3, -0.25) is 14.4 Å². The minimum atomic E-state index is -1.09. The molecule has 5 rings (SSSR count). The van der Waals surface area contributed by atoms with Gasteiger partial charge in [0.2, 0.25) is 0 Å². The Balaban J connectivity index is 1.20. The SMILES string of the molecule is O=C(NCC1(O)Cc2ccccc2C1)C(=O)Nc1ccc2c(c1)CCCN2C(=O)c1cccs1. The first kappa shape index (κ1) is 22.3. The molecule has 2 aromatic carbocycles. The van der Waals surface area contributed by atoms with Crippen LogP contribution in [0.2, 0.25) is 0 Å². The highest BCUT2D eigenvalue weighted by Gasteiger charge is 2.35. The van der Waals surface area contributed by atoms with E-state index >= 15 is 0 Å². The van der Waals surface area contributed by atoms with Crippen LogP contribution in [0.5, 0.6) is 0 Å². The van der Waals surface area contributed by atoms with E-state index < -0.39 is 17.4 Å². The highest BCUT2D eigenvalue weighted by atomic mass is 32.1. The molecule has 3 aromatic rings. The molecular weight excluding hydrogens is 450 g/mol. The third-order valence-electron chi connectivity index (χ3n) is 6.37. The minimum absolute atomic E-state index is 0.00207. The summed E-state index contributed by atoms with van der Waals surface area (Å²) in [6.45, 7) is 0.641. The van der Waals surface area contributed by atoms with Crippen molar-refractivity contribution in [3.05, 3.63) is 81.5 Å². The Bertz CT molecular complexity index is 1230. The molecule has 1 aliphatic carbocycles. The van der Waals surface area contributed by atoms with E-state index in [2.05, 4.69) is 10.6 Å². The van der Waals surface area contributed by atoms with Crippen LogP contribution in [0.15, 0.2) is 60.0 Å². The van der Waals surface area contributed by atoms with Gasteiger partial charge in [0.05, 0.1) is 10.5 Å². The van der Waals surface area contributed by atoms with E-state index in [1.54, 1.807) is 11.0 Å². The number of aliphatic hydroxyl groups is 1. The van der Waals surface area contributed by atoms with E-state index in [9.17, 15) is 19.5 Å². The molecule has 3 amide bonds. The molecule has 34 heavy (non-hydrogen) atoms. The van der Waals surface area contributed by atoms with Crippen LogP contribution in [0.25, 0.3) is 0 Å². The summed E-state index contributed by atoms with van der Waals surface area (Å²) in [6.07, 6.45) is 2.49. The maximum atomic E-state index is 12.8. The number of nitrogens with zero attached hydrogens (tertiary/aromatic N) is 1. The summed E-state index contributed by atoms with van der Waals surface area (Å²) in [4.78, 5) is 40.2. The normalized spacial score (nSPS) is 15.9. The lowest BCUT2D eigenvalue weighted by atomic mass is 10.0. The summed E-state index contributed by atoms with van der Waals surface area (Å²) >= 11 is 1.41. The molecule has 0 saturated carbocycles. The van der Waals surface area contributed by atoms with Crippen molar-refractivity contribution in [3.8, 4) is 0 Å². The Labute approximate surface area is 201 Å². The van der Waals surface area contributed by atoms with Crippen molar-refractivity contribution in [1.29, 1.82) is 0 Å². The predicted octanol–water partition coefficient (Wildman–Crippen LogP) is 2.93. The summed E-state index contributed by atoms with van der Waals surface area (Å²) in [7, 11) is 0. The zero-order valence-corrected chi connectivity index (χ0v) is 19.4. The van der Waals surface area contributed by atoms with Gasteiger partial charge < -0.3 is 20.6 Å². The maximum absolute atomic E-state index is 12.8. The number of nitrogens with one attached hydrogen (secondary N) is 2. The van der Waals surface area contributed by atoms with Crippen molar-refractivity contribution in [1.82, 2.24) is 5.32 Å². The quantitative estimate of drug-likeness (QED) is 0.506. The van der Waals surface area contributed by atoms with Crippen molar-refractivity contribution >= 4 is 40.4 Å². The monoisotopic (exact) mass is 475 g/mol. The first-order valence-corrected chi connectivity index (χ1v) is 12.2. The van der Waals surface area contributed by atoms with Crippen LogP contribution in [0.4, 0.5) is 11.4 Å². The Morgan fingerprint density at radius 2 is 1.74 bits per heavy atom. The van der Waals surface area contributed by atoms with Crippen LogP contribution in [-0.4, -0.2) is 41.5 Å². The Morgan fingerprint density at radius 3 is 2.44 bits per heavy atom. The number of anilines is 2. The lowest BCUT2D eigenvalue weighted by Crippen LogP contribution is -2.46. The number of rotatable bonds is 4. The summed E-state index contributed by atoms with van der Waals surface area (Å²) in [5, 5.41) is 17.9. The van der Waals surface area contributed by atoms with Gasteiger partial charge in [-0.2, -0.15) is 0 Å². The van der Waals surface area contributed by atoms with Crippen LogP contribution < -0.4 is 15.5 Å². The first-order chi connectivity index (χ1) is 16.4. The number of hydrogen-bond donors (Lipinski definition) is 3. The molecule has 0 saturated heterocycles. The largest absolute Gasteiger partial charge is 0.387 e. The fourth-order valence-corrected chi connectivity index (χ4v) is 5.40. The predicted molar refractivity (Wildman–Crippen MR) is 131 cm³/mol. The fourth-order valence-electron chi connectivity index (χ4n) is 4.73. The van der Waals surface area contributed by atoms with Gasteiger partial charge in [-0.25, -0.2) is 0 Å². The Morgan fingerprint density at radius 1 is 0.971 bits per heavy atom. The van der Waals surface area contributed by atoms with Gasteiger partial charge in [-0.05, 0) is 59.2 Å². The van der Waals surface area contributed by atoms with Gasteiger partial charge in [0.15, 0.2) is 0 Å². The number of thiophene rings is 1. The number of benzene rings is 2. The highest BCUT2D eigenvalue weighted by Crippen LogP contribution is 2.32. The summed E-state index contributed by atoms with van der Waals surface area (Å²) < 4.78 is 0. The summed E-state index contributed by atoms with van der Waals surface area (Å²) in [6, 6.07) is 16.8. The van der Waals surface area contributed by atoms with Crippen LogP contribution in [-0.2, 0) is 28.9 Å². The second-order valence-corrected chi connectivity index (χ2v) is 9.81. The minimum Gasteiger partial charge on any atom is -0.387 e. The molecule has 0 radical (unpaired) electrons.